The molecule has 5 rings (SSSR count). The maximum Gasteiger partial charge on any atom is 0.274 e. The molecular formula is C24H22Cl2FN5O2. The van der Waals surface area contributed by atoms with Crippen LogP contribution in [-0.4, -0.2) is 64.1 Å². The topological polar surface area (TPSA) is 61.7 Å². The van der Waals surface area contributed by atoms with E-state index in [1.807, 2.05) is 24.3 Å². The average Bonchev–Trinajstić information content (AvgIpc) is 3.28. The summed E-state index contributed by atoms with van der Waals surface area (Å²) in [6, 6.07) is 13.6. The van der Waals surface area contributed by atoms with Gasteiger partial charge in [-0.25, -0.2) is 4.39 Å². The molecule has 1 fully saturated rings. The van der Waals surface area contributed by atoms with Gasteiger partial charge in [0.1, 0.15) is 11.5 Å². The quantitative estimate of drug-likeness (QED) is 0.543. The monoisotopic (exact) mass is 501 g/mol. The van der Waals surface area contributed by atoms with Crippen molar-refractivity contribution in [2.45, 2.75) is 13.1 Å². The zero-order valence-corrected chi connectivity index (χ0v) is 19.8. The first-order valence-corrected chi connectivity index (χ1v) is 11.8. The standard InChI is InChI=1S/C24H22Cl2FN5O2/c25-16-3-1-4-17(13-16)29-7-9-30(10-8-29)23(33)21-14-22-24(34)31(11-12-32(22)28-21)15-18-19(26)5-2-6-20(18)27/h1-6,13-14H,7-12,15H2. The minimum atomic E-state index is -0.452. The number of halogens is 3. The van der Waals surface area contributed by atoms with E-state index in [0.717, 1.165) is 5.69 Å². The van der Waals surface area contributed by atoms with E-state index < -0.39 is 5.82 Å². The summed E-state index contributed by atoms with van der Waals surface area (Å²) >= 11 is 12.2. The second-order valence-electron chi connectivity index (χ2n) is 8.32. The Bertz CT molecular complexity index is 1240. The van der Waals surface area contributed by atoms with Crippen molar-refractivity contribution in [1.82, 2.24) is 19.6 Å². The number of anilines is 1. The number of nitrogens with zero attached hydrogens (tertiary/aromatic N) is 5. The molecule has 2 aliphatic heterocycles. The molecule has 0 N–H and O–H groups in total. The minimum absolute atomic E-state index is 0.0598. The van der Waals surface area contributed by atoms with Crippen LogP contribution in [0, 0.1) is 5.82 Å². The summed E-state index contributed by atoms with van der Waals surface area (Å²) < 4.78 is 15.8. The predicted molar refractivity (Wildman–Crippen MR) is 128 cm³/mol. The highest BCUT2D eigenvalue weighted by atomic mass is 35.5. The molecule has 2 aliphatic rings. The van der Waals surface area contributed by atoms with Gasteiger partial charge in [-0.15, -0.1) is 0 Å². The number of aromatic nitrogens is 2. The summed E-state index contributed by atoms with van der Waals surface area (Å²) in [4.78, 5) is 31.6. The number of hydrogen-bond acceptors (Lipinski definition) is 4. The summed E-state index contributed by atoms with van der Waals surface area (Å²) in [6.07, 6.45) is 0. The molecule has 34 heavy (non-hydrogen) atoms. The Kier molecular flexibility index (Phi) is 6.18. The van der Waals surface area contributed by atoms with Gasteiger partial charge in [0, 0.05) is 60.1 Å². The highest BCUT2D eigenvalue weighted by molar-refractivity contribution is 6.31. The van der Waals surface area contributed by atoms with Crippen LogP contribution in [0.2, 0.25) is 10.0 Å². The molecular weight excluding hydrogens is 480 g/mol. The van der Waals surface area contributed by atoms with Crippen LogP contribution in [0.5, 0.6) is 0 Å². The molecule has 1 saturated heterocycles. The first kappa shape index (κ1) is 22.7. The van der Waals surface area contributed by atoms with Crippen LogP contribution < -0.4 is 4.90 Å². The molecule has 176 valence electrons. The van der Waals surface area contributed by atoms with Gasteiger partial charge in [0.05, 0.1) is 13.1 Å². The van der Waals surface area contributed by atoms with E-state index >= 15 is 0 Å². The highest BCUT2D eigenvalue weighted by Crippen LogP contribution is 2.24. The van der Waals surface area contributed by atoms with Crippen molar-refractivity contribution in [3.63, 3.8) is 0 Å². The molecule has 0 unspecified atom stereocenters. The second kappa shape index (κ2) is 9.27. The van der Waals surface area contributed by atoms with Crippen molar-refractivity contribution in [2.24, 2.45) is 0 Å². The maximum atomic E-state index is 14.2. The first-order valence-electron chi connectivity index (χ1n) is 11.0. The van der Waals surface area contributed by atoms with Crippen molar-refractivity contribution in [3.8, 4) is 0 Å². The molecule has 0 saturated carbocycles. The lowest BCUT2D eigenvalue weighted by molar-refractivity contribution is 0.0679. The number of benzene rings is 2. The van der Waals surface area contributed by atoms with Crippen molar-refractivity contribution < 1.29 is 14.0 Å². The molecule has 7 nitrogen and oxygen atoms in total. The lowest BCUT2D eigenvalue weighted by Crippen LogP contribution is -2.48. The number of hydrogen-bond donors (Lipinski definition) is 0. The number of rotatable bonds is 4. The molecule has 3 aromatic rings. The Morgan fingerprint density at radius 2 is 1.74 bits per heavy atom. The van der Waals surface area contributed by atoms with Crippen molar-refractivity contribution in [2.75, 3.05) is 37.6 Å². The van der Waals surface area contributed by atoms with Crippen LogP contribution in [0.1, 0.15) is 26.5 Å². The summed E-state index contributed by atoms with van der Waals surface area (Å²) in [5, 5.41) is 5.34. The van der Waals surface area contributed by atoms with Gasteiger partial charge >= 0.3 is 0 Å². The van der Waals surface area contributed by atoms with Crippen molar-refractivity contribution in [3.05, 3.63) is 81.3 Å². The Labute approximate surface area is 206 Å². The summed E-state index contributed by atoms with van der Waals surface area (Å²) in [7, 11) is 0. The van der Waals surface area contributed by atoms with Crippen LogP contribution in [0.15, 0.2) is 48.5 Å². The van der Waals surface area contributed by atoms with Crippen LogP contribution in [0.25, 0.3) is 0 Å². The summed E-state index contributed by atoms with van der Waals surface area (Å²) in [5.74, 6) is -0.959. The van der Waals surface area contributed by atoms with Crippen LogP contribution >= 0.6 is 23.2 Å². The van der Waals surface area contributed by atoms with Gasteiger partial charge in [-0.1, -0.05) is 35.3 Å². The van der Waals surface area contributed by atoms with Gasteiger partial charge < -0.3 is 14.7 Å². The van der Waals surface area contributed by atoms with Crippen LogP contribution in [0.4, 0.5) is 10.1 Å². The summed E-state index contributed by atoms with van der Waals surface area (Å²) in [6.45, 7) is 3.27. The zero-order valence-electron chi connectivity index (χ0n) is 18.3. The Hall–Kier alpha value is -3.10. The molecule has 0 spiro atoms. The van der Waals surface area contributed by atoms with Gasteiger partial charge in [-0.3, -0.25) is 14.3 Å². The number of carbonyl (C=O) groups is 2. The first-order chi connectivity index (χ1) is 16.4. The fourth-order valence-corrected chi connectivity index (χ4v) is 4.78. The van der Waals surface area contributed by atoms with E-state index in [2.05, 4.69) is 10.00 Å². The lowest BCUT2D eigenvalue weighted by Gasteiger charge is -2.35. The van der Waals surface area contributed by atoms with E-state index in [1.54, 1.807) is 15.6 Å². The maximum absolute atomic E-state index is 14.2. The zero-order chi connectivity index (χ0) is 23.8. The number of fused-ring (bicyclic) bond motifs is 1. The van der Waals surface area contributed by atoms with Gasteiger partial charge in [0.2, 0.25) is 0 Å². The molecule has 1 aromatic heterocycles. The third kappa shape index (κ3) is 4.35. The predicted octanol–water partition coefficient (Wildman–Crippen LogP) is 3.95. The smallest absolute Gasteiger partial charge is 0.274 e. The normalized spacial score (nSPS) is 16.1. The van der Waals surface area contributed by atoms with Gasteiger partial charge in [0.15, 0.2) is 5.69 Å². The molecule has 0 bridgehead atoms. The van der Waals surface area contributed by atoms with Crippen LogP contribution in [0.3, 0.4) is 0 Å². The highest BCUT2D eigenvalue weighted by Gasteiger charge is 2.31. The van der Waals surface area contributed by atoms with E-state index in [0.29, 0.717) is 50.0 Å². The molecule has 3 heterocycles. The van der Waals surface area contributed by atoms with Gasteiger partial charge in [-0.2, -0.15) is 5.10 Å². The van der Waals surface area contributed by atoms with Crippen LogP contribution in [-0.2, 0) is 13.1 Å². The molecule has 10 heteroatoms. The minimum Gasteiger partial charge on any atom is -0.368 e. The molecule has 2 aromatic carbocycles. The number of piperazine rings is 1. The lowest BCUT2D eigenvalue weighted by atomic mass is 10.1. The molecule has 0 atom stereocenters. The Morgan fingerprint density at radius 1 is 0.971 bits per heavy atom. The third-order valence-corrected chi connectivity index (χ3v) is 6.83. The third-order valence-electron chi connectivity index (χ3n) is 6.24. The van der Waals surface area contributed by atoms with Crippen molar-refractivity contribution in [1.29, 1.82) is 0 Å². The van der Waals surface area contributed by atoms with Crippen molar-refractivity contribution >= 4 is 40.7 Å². The fourth-order valence-electron chi connectivity index (χ4n) is 4.37. The molecule has 2 amide bonds. The number of carbonyl (C=O) groups excluding carboxylic acids is 2. The SMILES string of the molecule is O=C(c1cc2n(n1)CCN(Cc1c(F)cccc1Cl)C2=O)N1CCN(c2cccc(Cl)c2)CC1. The summed E-state index contributed by atoms with van der Waals surface area (Å²) in [5.41, 5.74) is 1.86. The number of amides is 2. The fraction of sp³-hybridized carbons (Fsp3) is 0.292. The molecule has 0 radical (unpaired) electrons. The van der Waals surface area contributed by atoms with E-state index in [4.69, 9.17) is 23.2 Å². The molecule has 0 aliphatic carbocycles. The Morgan fingerprint density at radius 3 is 2.47 bits per heavy atom. The van der Waals surface area contributed by atoms with Gasteiger partial charge in [-0.05, 0) is 30.3 Å². The average molecular weight is 502 g/mol. The van der Waals surface area contributed by atoms with Gasteiger partial charge in [0.25, 0.3) is 11.8 Å². The van der Waals surface area contributed by atoms with E-state index in [-0.39, 0.29) is 34.6 Å². The van der Waals surface area contributed by atoms with E-state index in [1.165, 1.54) is 23.1 Å². The second-order valence-corrected chi connectivity index (χ2v) is 9.17. The Balaban J connectivity index is 1.26. The van der Waals surface area contributed by atoms with E-state index in [9.17, 15) is 14.0 Å². The largest absolute Gasteiger partial charge is 0.368 e.